The van der Waals surface area contributed by atoms with Crippen LogP contribution in [0, 0.1) is 0 Å². The Balaban J connectivity index is 1.54. The number of aromatic nitrogens is 1. The van der Waals surface area contributed by atoms with Gasteiger partial charge in [-0.05, 0) is 81.8 Å². The standard InChI is InChI=1S/C22H32N4O/c1-3-25(2)22(27)24-17-8-10-21-19(14-17)20(15-23-21)16-7-9-18-6-4-5-12-26(18)13-11-16/h8,10,14-16,18,23H,3-7,9,11-13H2,1-2H3,(H,24,27). The number of rotatable bonds is 3. The van der Waals surface area contributed by atoms with Gasteiger partial charge in [-0.1, -0.05) is 6.42 Å². The van der Waals surface area contributed by atoms with Crippen LogP contribution in [0.5, 0.6) is 0 Å². The molecule has 0 aliphatic carbocycles. The van der Waals surface area contributed by atoms with Crippen molar-refractivity contribution in [2.24, 2.45) is 0 Å². The predicted octanol–water partition coefficient (Wildman–Crippen LogP) is 4.77. The highest BCUT2D eigenvalue weighted by atomic mass is 16.2. The summed E-state index contributed by atoms with van der Waals surface area (Å²) in [6, 6.07) is 6.95. The third-order valence-electron chi connectivity index (χ3n) is 6.59. The number of hydrogen-bond donors (Lipinski definition) is 2. The van der Waals surface area contributed by atoms with Crippen LogP contribution in [0.25, 0.3) is 10.9 Å². The van der Waals surface area contributed by atoms with Crippen molar-refractivity contribution in [2.45, 2.75) is 57.4 Å². The van der Waals surface area contributed by atoms with E-state index >= 15 is 0 Å². The fourth-order valence-corrected chi connectivity index (χ4v) is 4.77. The van der Waals surface area contributed by atoms with E-state index in [0.717, 1.165) is 17.2 Å². The van der Waals surface area contributed by atoms with Crippen molar-refractivity contribution in [2.75, 3.05) is 32.0 Å². The predicted molar refractivity (Wildman–Crippen MR) is 111 cm³/mol. The molecular weight excluding hydrogens is 336 g/mol. The van der Waals surface area contributed by atoms with E-state index < -0.39 is 0 Å². The molecule has 2 atom stereocenters. The molecule has 146 valence electrons. The molecule has 5 heteroatoms. The number of urea groups is 1. The van der Waals surface area contributed by atoms with Crippen LogP contribution in [-0.2, 0) is 0 Å². The SMILES string of the molecule is CCN(C)C(=O)Nc1ccc2[nH]cc(C3CCC4CCCCN4CC3)c2c1. The zero-order valence-electron chi connectivity index (χ0n) is 16.6. The summed E-state index contributed by atoms with van der Waals surface area (Å²) in [6.45, 7) is 5.18. The van der Waals surface area contributed by atoms with Crippen molar-refractivity contribution in [3.8, 4) is 0 Å². The molecule has 2 unspecified atom stereocenters. The number of anilines is 1. The first kappa shape index (κ1) is 18.4. The molecule has 2 aliphatic rings. The molecule has 5 nitrogen and oxygen atoms in total. The molecule has 4 rings (SSSR count). The number of benzene rings is 1. The summed E-state index contributed by atoms with van der Waals surface area (Å²) < 4.78 is 0. The van der Waals surface area contributed by atoms with Crippen LogP contribution in [0.2, 0.25) is 0 Å². The van der Waals surface area contributed by atoms with Gasteiger partial charge in [0, 0.05) is 42.4 Å². The molecule has 0 saturated carbocycles. The van der Waals surface area contributed by atoms with Crippen LogP contribution in [0.15, 0.2) is 24.4 Å². The number of H-pyrrole nitrogens is 1. The second-order valence-corrected chi connectivity index (χ2v) is 8.20. The van der Waals surface area contributed by atoms with Gasteiger partial charge in [0.05, 0.1) is 0 Å². The lowest BCUT2D eigenvalue weighted by Gasteiger charge is -2.33. The molecule has 2 aliphatic heterocycles. The molecular formula is C22H32N4O. The third kappa shape index (κ3) is 3.84. The van der Waals surface area contributed by atoms with E-state index in [0.29, 0.717) is 12.5 Å². The molecule has 1 aromatic carbocycles. The van der Waals surface area contributed by atoms with Gasteiger partial charge in [-0.2, -0.15) is 0 Å². The fourth-order valence-electron chi connectivity index (χ4n) is 4.77. The van der Waals surface area contributed by atoms with Gasteiger partial charge >= 0.3 is 6.03 Å². The summed E-state index contributed by atoms with van der Waals surface area (Å²) >= 11 is 0. The first-order valence-corrected chi connectivity index (χ1v) is 10.5. The highest BCUT2D eigenvalue weighted by Crippen LogP contribution is 2.37. The zero-order chi connectivity index (χ0) is 18.8. The Labute approximate surface area is 162 Å². The number of piperidine rings is 1. The molecule has 2 amide bonds. The van der Waals surface area contributed by atoms with E-state index in [4.69, 9.17) is 0 Å². The number of nitrogens with zero attached hydrogens (tertiary/aromatic N) is 2. The maximum Gasteiger partial charge on any atom is 0.321 e. The summed E-state index contributed by atoms with van der Waals surface area (Å²) in [4.78, 5) is 20.1. The van der Waals surface area contributed by atoms with Gasteiger partial charge in [0.2, 0.25) is 0 Å². The molecule has 0 radical (unpaired) electrons. The van der Waals surface area contributed by atoms with Crippen LogP contribution in [0.4, 0.5) is 10.5 Å². The summed E-state index contributed by atoms with van der Waals surface area (Å²) in [5, 5.41) is 4.28. The van der Waals surface area contributed by atoms with Gasteiger partial charge in [-0.25, -0.2) is 4.79 Å². The van der Waals surface area contributed by atoms with E-state index in [1.807, 2.05) is 20.0 Å². The summed E-state index contributed by atoms with van der Waals surface area (Å²) in [7, 11) is 1.82. The second kappa shape index (κ2) is 7.93. The van der Waals surface area contributed by atoms with Gasteiger partial charge in [-0.15, -0.1) is 0 Å². The minimum Gasteiger partial charge on any atom is -0.361 e. The molecule has 2 saturated heterocycles. The number of nitrogens with one attached hydrogen (secondary N) is 2. The molecule has 0 bridgehead atoms. The first-order valence-electron chi connectivity index (χ1n) is 10.5. The van der Waals surface area contributed by atoms with Crippen LogP contribution in [0.1, 0.15) is 56.9 Å². The van der Waals surface area contributed by atoms with E-state index in [1.54, 1.807) is 4.90 Å². The van der Waals surface area contributed by atoms with Crippen molar-refractivity contribution in [3.63, 3.8) is 0 Å². The van der Waals surface area contributed by atoms with Crippen LogP contribution in [-0.4, -0.2) is 53.5 Å². The van der Waals surface area contributed by atoms with Gasteiger partial charge in [-0.3, -0.25) is 0 Å². The number of carbonyl (C=O) groups is 1. The Hall–Kier alpha value is -2.01. The Bertz CT molecular complexity index is 783. The number of amides is 2. The highest BCUT2D eigenvalue weighted by molar-refractivity contribution is 5.93. The van der Waals surface area contributed by atoms with Crippen molar-refractivity contribution in [1.82, 2.24) is 14.8 Å². The minimum atomic E-state index is -0.0553. The van der Waals surface area contributed by atoms with Gasteiger partial charge < -0.3 is 20.1 Å². The Morgan fingerprint density at radius 3 is 2.96 bits per heavy atom. The maximum absolute atomic E-state index is 12.2. The molecule has 27 heavy (non-hydrogen) atoms. The van der Waals surface area contributed by atoms with Crippen LogP contribution < -0.4 is 5.32 Å². The average Bonchev–Trinajstić information content (AvgIpc) is 2.99. The van der Waals surface area contributed by atoms with Crippen molar-refractivity contribution in [3.05, 3.63) is 30.0 Å². The first-order chi connectivity index (χ1) is 13.2. The maximum atomic E-state index is 12.2. The van der Waals surface area contributed by atoms with Gasteiger partial charge in [0.15, 0.2) is 0 Å². The smallest absolute Gasteiger partial charge is 0.321 e. The number of hydrogen-bond acceptors (Lipinski definition) is 2. The summed E-state index contributed by atoms with van der Waals surface area (Å²) in [6.07, 6.45) is 10.2. The third-order valence-corrected chi connectivity index (χ3v) is 6.59. The normalized spacial score (nSPS) is 23.6. The zero-order valence-corrected chi connectivity index (χ0v) is 16.6. The Morgan fingerprint density at radius 1 is 1.22 bits per heavy atom. The number of fused-ring (bicyclic) bond motifs is 2. The quantitative estimate of drug-likeness (QED) is 0.820. The van der Waals surface area contributed by atoms with E-state index in [-0.39, 0.29) is 6.03 Å². The molecule has 2 aromatic rings. The Kier molecular flexibility index (Phi) is 5.39. The van der Waals surface area contributed by atoms with Gasteiger partial charge in [0.1, 0.15) is 0 Å². The van der Waals surface area contributed by atoms with E-state index in [2.05, 4.69) is 33.5 Å². The second-order valence-electron chi connectivity index (χ2n) is 8.20. The average molecular weight is 369 g/mol. The van der Waals surface area contributed by atoms with E-state index in [1.165, 1.54) is 62.6 Å². The topological polar surface area (TPSA) is 51.4 Å². The van der Waals surface area contributed by atoms with Gasteiger partial charge in [0.25, 0.3) is 0 Å². The monoisotopic (exact) mass is 368 g/mol. The largest absolute Gasteiger partial charge is 0.361 e. The minimum absolute atomic E-state index is 0.0553. The number of carbonyl (C=O) groups excluding carboxylic acids is 1. The molecule has 3 heterocycles. The summed E-state index contributed by atoms with van der Waals surface area (Å²) in [5.74, 6) is 0.605. The lowest BCUT2D eigenvalue weighted by molar-refractivity contribution is 0.151. The van der Waals surface area contributed by atoms with Crippen LogP contribution in [0.3, 0.4) is 0 Å². The lowest BCUT2D eigenvalue weighted by Crippen LogP contribution is -2.38. The van der Waals surface area contributed by atoms with Crippen molar-refractivity contribution in [1.29, 1.82) is 0 Å². The lowest BCUT2D eigenvalue weighted by atomic mass is 9.90. The molecule has 1 aromatic heterocycles. The van der Waals surface area contributed by atoms with E-state index in [9.17, 15) is 4.79 Å². The van der Waals surface area contributed by atoms with Crippen molar-refractivity contribution < 1.29 is 4.79 Å². The Morgan fingerprint density at radius 2 is 2.11 bits per heavy atom. The summed E-state index contributed by atoms with van der Waals surface area (Å²) in [5.41, 5.74) is 3.46. The molecule has 2 fully saturated rings. The number of aromatic amines is 1. The molecule has 2 N–H and O–H groups in total. The molecule has 0 spiro atoms. The highest BCUT2D eigenvalue weighted by Gasteiger charge is 2.28. The fraction of sp³-hybridized carbons (Fsp3) is 0.591. The van der Waals surface area contributed by atoms with Crippen molar-refractivity contribution >= 4 is 22.6 Å². The van der Waals surface area contributed by atoms with Crippen LogP contribution >= 0.6 is 0 Å².